The fourth-order valence-corrected chi connectivity index (χ4v) is 6.92. The Bertz CT molecular complexity index is 1900. The number of benzene rings is 3. The highest BCUT2D eigenvalue weighted by atomic mass is 32.2. The minimum atomic E-state index is -3.80. The summed E-state index contributed by atoms with van der Waals surface area (Å²) in [6.07, 6.45) is 0.988. The summed E-state index contributed by atoms with van der Waals surface area (Å²) < 4.78 is 31.7. The lowest BCUT2D eigenvalue weighted by Crippen LogP contribution is -2.36. The van der Waals surface area contributed by atoms with Gasteiger partial charge < -0.3 is 20.7 Å². The number of sulfone groups is 1. The van der Waals surface area contributed by atoms with Crippen LogP contribution >= 0.6 is 0 Å². The van der Waals surface area contributed by atoms with Gasteiger partial charge in [0, 0.05) is 42.5 Å². The smallest absolute Gasteiger partial charge is 0.411 e. The van der Waals surface area contributed by atoms with Crippen LogP contribution in [0.15, 0.2) is 71.8 Å². The predicted molar refractivity (Wildman–Crippen MR) is 177 cm³/mol. The second-order valence-electron chi connectivity index (χ2n) is 12.6. The summed E-state index contributed by atoms with van der Waals surface area (Å²) in [5.41, 5.74) is 10.2. The highest BCUT2D eigenvalue weighted by Crippen LogP contribution is 2.33. The van der Waals surface area contributed by atoms with Crippen LogP contribution in [0.2, 0.25) is 0 Å². The quantitative estimate of drug-likeness (QED) is 0.244. The Hall–Kier alpha value is -4.64. The molecule has 3 heterocycles. The Morgan fingerprint density at radius 3 is 2.51 bits per heavy atom. The molecule has 2 aliphatic heterocycles. The molecule has 2 aliphatic rings. The molecule has 6 rings (SSSR count). The zero-order chi connectivity index (χ0) is 32.7. The molecule has 11 heteroatoms. The Labute approximate surface area is 263 Å². The monoisotopic (exact) mass is 629 g/mol. The lowest BCUT2D eigenvalue weighted by atomic mass is 9.93. The molecule has 0 aliphatic carbocycles. The number of hydrogen-bond acceptors (Lipinski definition) is 8. The predicted octanol–water partition coefficient (Wildman–Crippen LogP) is 6.18. The first-order chi connectivity index (χ1) is 21.2. The van der Waals surface area contributed by atoms with E-state index in [1.165, 1.54) is 17.0 Å². The molecule has 10 nitrogen and oxygen atoms in total. The van der Waals surface area contributed by atoms with Crippen LogP contribution in [0.5, 0.6) is 0 Å². The van der Waals surface area contributed by atoms with Crippen molar-refractivity contribution in [3.8, 4) is 0 Å². The van der Waals surface area contributed by atoms with Gasteiger partial charge in [0.15, 0.2) is 9.84 Å². The maximum Gasteiger partial charge on any atom is 0.411 e. The number of amides is 2. The number of ether oxygens (including phenoxy) is 1. The number of nitrogens with one attached hydrogen (secondary N) is 2. The molecule has 0 spiro atoms. The number of nitrogens with zero attached hydrogens (tertiary/aromatic N) is 2. The van der Waals surface area contributed by atoms with Crippen molar-refractivity contribution in [2.24, 2.45) is 0 Å². The average molecular weight is 630 g/mol. The maximum atomic E-state index is 14.3. The third kappa shape index (κ3) is 6.44. The zero-order valence-corrected chi connectivity index (χ0v) is 27.2. The van der Waals surface area contributed by atoms with Gasteiger partial charge in [0.05, 0.1) is 16.2 Å². The third-order valence-corrected chi connectivity index (χ3v) is 10.8. The number of hydrogen-bond donors (Lipinski definition) is 3. The van der Waals surface area contributed by atoms with E-state index in [0.29, 0.717) is 22.8 Å². The number of pyridine rings is 1. The first-order valence-electron chi connectivity index (χ1n) is 14.7. The van der Waals surface area contributed by atoms with Crippen molar-refractivity contribution in [3.05, 3.63) is 89.1 Å². The van der Waals surface area contributed by atoms with Gasteiger partial charge in [0.25, 0.3) is 0 Å². The number of carbonyl (C=O) groups excluding carboxylic acids is 2. The molecule has 236 valence electrons. The van der Waals surface area contributed by atoms with Crippen LogP contribution in [0.3, 0.4) is 0 Å². The van der Waals surface area contributed by atoms with E-state index in [9.17, 15) is 18.0 Å². The van der Waals surface area contributed by atoms with Crippen LogP contribution in [0.1, 0.15) is 61.9 Å². The lowest BCUT2D eigenvalue weighted by molar-refractivity contribution is -0.131. The fourth-order valence-electron chi connectivity index (χ4n) is 5.55. The van der Waals surface area contributed by atoms with Crippen molar-refractivity contribution in [1.82, 2.24) is 9.88 Å². The first-order valence-corrected chi connectivity index (χ1v) is 16.2. The van der Waals surface area contributed by atoms with Crippen LogP contribution in [0, 0.1) is 6.92 Å². The summed E-state index contributed by atoms with van der Waals surface area (Å²) in [5, 5.41) is 7.81. The van der Waals surface area contributed by atoms with Crippen molar-refractivity contribution in [3.63, 3.8) is 0 Å². The number of nitrogens with two attached hydrogens (primary N) is 1. The molecule has 45 heavy (non-hydrogen) atoms. The van der Waals surface area contributed by atoms with Crippen LogP contribution in [-0.2, 0) is 25.9 Å². The molecule has 1 aromatic heterocycles. The summed E-state index contributed by atoms with van der Waals surface area (Å²) in [6, 6.07) is 17.1. The summed E-state index contributed by atoms with van der Waals surface area (Å²) in [7, 11) is -2.16. The zero-order valence-electron chi connectivity index (χ0n) is 26.3. The van der Waals surface area contributed by atoms with Gasteiger partial charge in [-0.05, 0) is 97.8 Å². The SMILES string of the molecule is Cc1cc2ccc1[C@@H](C)COC(=O)Nc1ccc(S(=O)(=O)C(C)(C)C)c(c1)CN(C)C(=O)[C@@H]2Nc1ccc2c(N)nccc2c1. The standard InChI is InChI=1S/C34H39N5O5S/c1-20-15-23-7-10-27(20)21(2)19-44-33(41)38-26-9-12-29(45(42,43)34(3,4)5)24(17-26)18-39(6)32(40)30(23)37-25-8-11-28-22(16-25)13-14-36-31(28)35/h7-17,21,30,37H,18-19H2,1-6H3,(H2,35,36)(H,38,41)/t21-,30+/m0/s1. The Morgan fingerprint density at radius 2 is 1.80 bits per heavy atom. The van der Waals surface area contributed by atoms with Crippen LogP contribution < -0.4 is 16.4 Å². The summed E-state index contributed by atoms with van der Waals surface area (Å²) >= 11 is 0. The van der Waals surface area contributed by atoms with Gasteiger partial charge in [-0.3, -0.25) is 10.1 Å². The van der Waals surface area contributed by atoms with Crippen molar-refractivity contribution in [2.45, 2.75) is 62.8 Å². The van der Waals surface area contributed by atoms with Gasteiger partial charge in [0.1, 0.15) is 11.9 Å². The van der Waals surface area contributed by atoms with Gasteiger partial charge in [-0.2, -0.15) is 0 Å². The van der Waals surface area contributed by atoms with Crippen molar-refractivity contribution in [2.75, 3.05) is 30.0 Å². The molecule has 0 saturated carbocycles. The van der Waals surface area contributed by atoms with Gasteiger partial charge >= 0.3 is 6.09 Å². The molecular formula is C34H39N5O5S. The summed E-state index contributed by atoms with van der Waals surface area (Å²) in [6.45, 7) is 8.92. The van der Waals surface area contributed by atoms with E-state index >= 15 is 0 Å². The molecule has 3 aromatic carbocycles. The molecule has 0 radical (unpaired) electrons. The summed E-state index contributed by atoms with van der Waals surface area (Å²) in [4.78, 5) is 32.8. The van der Waals surface area contributed by atoms with E-state index < -0.39 is 26.7 Å². The molecule has 4 N–H and O–H groups in total. The number of aromatic nitrogens is 1. The van der Waals surface area contributed by atoms with Gasteiger partial charge in [-0.15, -0.1) is 0 Å². The highest BCUT2D eigenvalue weighted by Gasteiger charge is 2.34. The number of carbonyl (C=O) groups is 2. The van der Waals surface area contributed by atoms with E-state index in [4.69, 9.17) is 10.5 Å². The molecule has 4 aromatic rings. The minimum Gasteiger partial charge on any atom is -0.449 e. The number of nitrogen functional groups attached to an aromatic ring is 1. The molecule has 0 unspecified atom stereocenters. The van der Waals surface area contributed by atoms with Gasteiger partial charge in [-0.25, -0.2) is 18.2 Å². The van der Waals surface area contributed by atoms with Gasteiger partial charge in [0.2, 0.25) is 5.91 Å². The van der Waals surface area contributed by atoms with E-state index in [1.807, 2.05) is 56.3 Å². The van der Waals surface area contributed by atoms with E-state index in [2.05, 4.69) is 15.6 Å². The Morgan fingerprint density at radius 1 is 1.04 bits per heavy atom. The molecule has 2 amide bonds. The molecule has 2 atom stereocenters. The molecule has 0 saturated heterocycles. The van der Waals surface area contributed by atoms with E-state index in [1.54, 1.807) is 40.1 Å². The summed E-state index contributed by atoms with van der Waals surface area (Å²) in [5.74, 6) is 0.0359. The Kier molecular flexibility index (Phi) is 8.50. The topological polar surface area (TPSA) is 144 Å². The number of aryl methyl sites for hydroxylation is 1. The number of likely N-dealkylation sites (N-methyl/N-ethyl adjacent to an activating group) is 1. The van der Waals surface area contributed by atoms with Crippen molar-refractivity contribution >= 4 is 49.8 Å². The van der Waals surface area contributed by atoms with E-state index in [-0.39, 0.29) is 29.9 Å². The second kappa shape index (κ2) is 12.0. The average Bonchev–Trinajstić information content (AvgIpc) is 2.97. The number of anilines is 3. The fraction of sp³-hybridized carbons (Fsp3) is 0.324. The van der Waals surface area contributed by atoms with Crippen LogP contribution in [0.4, 0.5) is 22.0 Å². The largest absolute Gasteiger partial charge is 0.449 e. The van der Waals surface area contributed by atoms with E-state index in [0.717, 1.165) is 27.5 Å². The van der Waals surface area contributed by atoms with Crippen LogP contribution in [0.25, 0.3) is 10.8 Å². The lowest BCUT2D eigenvalue weighted by Gasteiger charge is -2.28. The highest BCUT2D eigenvalue weighted by molar-refractivity contribution is 7.92. The minimum absolute atomic E-state index is 0.0275. The van der Waals surface area contributed by atoms with Crippen LogP contribution in [-0.4, -0.2) is 48.7 Å². The Balaban J connectivity index is 1.62. The first kappa shape index (κ1) is 31.8. The maximum absolute atomic E-state index is 14.3. The van der Waals surface area contributed by atoms with Crippen molar-refractivity contribution in [1.29, 1.82) is 0 Å². The normalized spacial score (nSPS) is 18.0. The number of rotatable bonds is 3. The molecular weight excluding hydrogens is 590 g/mol. The third-order valence-electron chi connectivity index (χ3n) is 8.16. The molecule has 0 fully saturated rings. The van der Waals surface area contributed by atoms with Gasteiger partial charge in [-0.1, -0.05) is 25.1 Å². The number of fused-ring (bicyclic) bond motifs is 10. The van der Waals surface area contributed by atoms with Crippen molar-refractivity contribution < 1.29 is 22.7 Å². The second-order valence-corrected chi connectivity index (χ2v) is 15.3. The molecule has 4 bridgehead atoms.